The fourth-order valence-electron chi connectivity index (χ4n) is 2.90. The maximum Gasteiger partial charge on any atom is 0.231 e. The Morgan fingerprint density at radius 1 is 1.07 bits per heavy atom. The van der Waals surface area contributed by atoms with Crippen molar-refractivity contribution in [2.75, 3.05) is 0 Å². The SMILES string of the molecule is Cc1cc2nc(-c3cc(N=Cc4cc(Br)cc(I)c4O)ccc3O)oc2cc1C. The van der Waals surface area contributed by atoms with Crippen molar-refractivity contribution in [2.24, 2.45) is 4.99 Å². The topological polar surface area (TPSA) is 78.9 Å². The normalized spacial score (nSPS) is 11.6. The van der Waals surface area contributed by atoms with Crippen molar-refractivity contribution in [3.8, 4) is 23.0 Å². The summed E-state index contributed by atoms with van der Waals surface area (Å²) < 4.78 is 7.44. The number of fused-ring (bicyclic) bond motifs is 1. The minimum Gasteiger partial charge on any atom is -0.507 e. The molecule has 1 heterocycles. The molecule has 4 rings (SSSR count). The summed E-state index contributed by atoms with van der Waals surface area (Å²) in [5.74, 6) is 0.560. The number of benzene rings is 3. The Bertz CT molecular complexity index is 1240. The van der Waals surface area contributed by atoms with Gasteiger partial charge in [0.2, 0.25) is 5.89 Å². The van der Waals surface area contributed by atoms with Crippen LogP contribution >= 0.6 is 38.5 Å². The maximum absolute atomic E-state index is 10.3. The molecule has 0 fully saturated rings. The van der Waals surface area contributed by atoms with Crippen LogP contribution in [0.2, 0.25) is 0 Å². The zero-order valence-corrected chi connectivity index (χ0v) is 19.3. The molecule has 0 radical (unpaired) electrons. The Balaban J connectivity index is 1.73. The third kappa shape index (κ3) is 4.02. The van der Waals surface area contributed by atoms with Crippen molar-refractivity contribution in [2.45, 2.75) is 13.8 Å². The van der Waals surface area contributed by atoms with Gasteiger partial charge in [0.05, 0.1) is 14.8 Å². The number of phenols is 2. The first-order valence-corrected chi connectivity index (χ1v) is 10.6. The number of hydrogen-bond acceptors (Lipinski definition) is 5. The largest absolute Gasteiger partial charge is 0.507 e. The molecule has 0 aliphatic carbocycles. The van der Waals surface area contributed by atoms with Gasteiger partial charge >= 0.3 is 0 Å². The van der Waals surface area contributed by atoms with E-state index in [1.165, 1.54) is 0 Å². The molecule has 0 atom stereocenters. The highest BCUT2D eigenvalue weighted by Crippen LogP contribution is 2.35. The van der Waals surface area contributed by atoms with Crippen LogP contribution in [-0.4, -0.2) is 21.4 Å². The van der Waals surface area contributed by atoms with Crippen molar-refractivity contribution >= 4 is 61.5 Å². The van der Waals surface area contributed by atoms with Crippen LogP contribution in [0.15, 0.2) is 56.3 Å². The molecule has 0 aliphatic heterocycles. The molecule has 29 heavy (non-hydrogen) atoms. The second-order valence-electron chi connectivity index (χ2n) is 6.71. The molecule has 4 aromatic rings. The highest BCUT2D eigenvalue weighted by Gasteiger charge is 2.14. The third-order valence-corrected chi connectivity index (χ3v) is 5.90. The third-order valence-electron chi connectivity index (χ3n) is 4.62. The Kier molecular flexibility index (Phi) is 5.35. The first-order chi connectivity index (χ1) is 13.8. The summed E-state index contributed by atoms with van der Waals surface area (Å²) in [5.41, 5.74) is 5.30. The molecule has 0 saturated carbocycles. The summed E-state index contributed by atoms with van der Waals surface area (Å²) in [6.07, 6.45) is 1.58. The number of rotatable bonds is 3. The predicted molar refractivity (Wildman–Crippen MR) is 126 cm³/mol. The second kappa shape index (κ2) is 7.79. The number of aliphatic imine (C=N–C) groups is 1. The number of aromatic hydroxyl groups is 2. The van der Waals surface area contributed by atoms with E-state index in [0.29, 0.717) is 28.3 Å². The second-order valence-corrected chi connectivity index (χ2v) is 8.79. The molecule has 146 valence electrons. The summed E-state index contributed by atoms with van der Waals surface area (Å²) in [6, 6.07) is 12.5. The highest BCUT2D eigenvalue weighted by atomic mass is 127. The molecule has 1 aromatic heterocycles. The number of phenolic OH excluding ortho intramolecular Hbond substituents is 2. The van der Waals surface area contributed by atoms with E-state index < -0.39 is 0 Å². The van der Waals surface area contributed by atoms with Gasteiger partial charge in [-0.05, 0) is 90.0 Å². The van der Waals surface area contributed by atoms with Gasteiger partial charge in [-0.25, -0.2) is 4.98 Å². The summed E-state index contributed by atoms with van der Waals surface area (Å²) in [4.78, 5) is 8.96. The standard InChI is InChI=1S/C22H16BrIN2O3/c1-11-5-18-20(6-12(11)2)29-22(26-18)16-9-15(3-4-19(16)27)25-10-13-7-14(23)8-17(24)21(13)28/h3-10,27-28H,1-2H3. The summed E-state index contributed by atoms with van der Waals surface area (Å²) in [6.45, 7) is 4.04. The van der Waals surface area contributed by atoms with Gasteiger partial charge in [0.25, 0.3) is 0 Å². The van der Waals surface area contributed by atoms with E-state index >= 15 is 0 Å². The number of hydrogen-bond donors (Lipinski definition) is 2. The van der Waals surface area contributed by atoms with Crippen LogP contribution in [0.4, 0.5) is 5.69 Å². The van der Waals surface area contributed by atoms with E-state index in [-0.39, 0.29) is 11.5 Å². The zero-order valence-electron chi connectivity index (χ0n) is 15.6. The average Bonchev–Trinajstić information content (AvgIpc) is 3.07. The maximum atomic E-state index is 10.3. The van der Waals surface area contributed by atoms with E-state index in [2.05, 4.69) is 48.5 Å². The van der Waals surface area contributed by atoms with Gasteiger partial charge in [-0.2, -0.15) is 0 Å². The Hall–Kier alpha value is -2.39. The van der Waals surface area contributed by atoms with Gasteiger partial charge < -0.3 is 14.6 Å². The van der Waals surface area contributed by atoms with Gasteiger partial charge in [-0.15, -0.1) is 0 Å². The average molecular weight is 563 g/mol. The van der Waals surface area contributed by atoms with Crippen LogP contribution in [0.5, 0.6) is 11.5 Å². The van der Waals surface area contributed by atoms with E-state index in [1.807, 2.05) is 32.0 Å². The minimum absolute atomic E-state index is 0.0591. The summed E-state index contributed by atoms with van der Waals surface area (Å²) in [7, 11) is 0. The number of oxazole rings is 1. The number of halogens is 2. The summed E-state index contributed by atoms with van der Waals surface area (Å²) in [5, 5.41) is 20.5. The predicted octanol–water partition coefficient (Wildman–Crippen LogP) is 6.64. The van der Waals surface area contributed by atoms with Gasteiger partial charge in [-0.3, -0.25) is 4.99 Å². The van der Waals surface area contributed by atoms with E-state index in [4.69, 9.17) is 4.42 Å². The quantitative estimate of drug-likeness (QED) is 0.217. The molecule has 0 spiro atoms. The number of aromatic nitrogens is 1. The smallest absolute Gasteiger partial charge is 0.231 e. The summed E-state index contributed by atoms with van der Waals surface area (Å²) >= 11 is 5.48. The van der Waals surface area contributed by atoms with Gasteiger partial charge in [0.1, 0.15) is 17.0 Å². The molecule has 0 unspecified atom stereocenters. The van der Waals surface area contributed by atoms with E-state index in [0.717, 1.165) is 24.7 Å². The first-order valence-electron chi connectivity index (χ1n) is 8.75. The molecule has 7 heteroatoms. The van der Waals surface area contributed by atoms with Gasteiger partial charge in [0.15, 0.2) is 5.58 Å². The molecule has 2 N–H and O–H groups in total. The lowest BCUT2D eigenvalue weighted by Gasteiger charge is -2.04. The minimum atomic E-state index is 0.0591. The van der Waals surface area contributed by atoms with Crippen molar-refractivity contribution < 1.29 is 14.6 Å². The molecule has 5 nitrogen and oxygen atoms in total. The molecule has 0 bridgehead atoms. The van der Waals surface area contributed by atoms with Crippen LogP contribution in [0, 0.1) is 17.4 Å². The zero-order chi connectivity index (χ0) is 20.7. The van der Waals surface area contributed by atoms with Gasteiger partial charge in [-0.1, -0.05) is 15.9 Å². The monoisotopic (exact) mass is 562 g/mol. The molecule has 0 amide bonds. The molecule has 0 aliphatic rings. The van der Waals surface area contributed by atoms with Crippen molar-refractivity contribution in [3.63, 3.8) is 0 Å². The molecular formula is C22H16BrIN2O3. The fraction of sp³-hybridized carbons (Fsp3) is 0.0909. The fourth-order valence-corrected chi connectivity index (χ4v) is 4.45. The molecule has 3 aromatic carbocycles. The van der Waals surface area contributed by atoms with Crippen LogP contribution in [0.1, 0.15) is 16.7 Å². The number of nitrogens with zero attached hydrogens (tertiary/aromatic N) is 2. The van der Waals surface area contributed by atoms with E-state index in [1.54, 1.807) is 30.5 Å². The van der Waals surface area contributed by atoms with Crippen LogP contribution in [-0.2, 0) is 0 Å². The first kappa shape index (κ1) is 19.9. The van der Waals surface area contributed by atoms with Crippen LogP contribution in [0.25, 0.3) is 22.6 Å². The molecular weight excluding hydrogens is 547 g/mol. The van der Waals surface area contributed by atoms with Gasteiger partial charge in [0, 0.05) is 16.3 Å². The Morgan fingerprint density at radius 2 is 1.83 bits per heavy atom. The Morgan fingerprint density at radius 3 is 2.62 bits per heavy atom. The van der Waals surface area contributed by atoms with Crippen LogP contribution in [0.3, 0.4) is 0 Å². The van der Waals surface area contributed by atoms with Crippen molar-refractivity contribution in [1.82, 2.24) is 4.98 Å². The molecule has 0 saturated heterocycles. The van der Waals surface area contributed by atoms with E-state index in [9.17, 15) is 10.2 Å². The Labute approximate surface area is 189 Å². The number of aryl methyl sites for hydroxylation is 2. The highest BCUT2D eigenvalue weighted by molar-refractivity contribution is 14.1. The lowest BCUT2D eigenvalue weighted by molar-refractivity contribution is 0.470. The van der Waals surface area contributed by atoms with Crippen molar-refractivity contribution in [1.29, 1.82) is 0 Å². The van der Waals surface area contributed by atoms with Crippen LogP contribution < -0.4 is 0 Å². The lowest BCUT2D eigenvalue weighted by atomic mass is 10.1. The lowest BCUT2D eigenvalue weighted by Crippen LogP contribution is -1.86. The van der Waals surface area contributed by atoms with Crippen molar-refractivity contribution in [3.05, 3.63) is 67.2 Å².